The predicted molar refractivity (Wildman–Crippen MR) is 171 cm³/mol. The number of carbonyl (C=O) groups excluding carboxylic acids is 2. The van der Waals surface area contributed by atoms with Crippen LogP contribution in [0.2, 0.25) is 0 Å². The third-order valence-electron chi connectivity index (χ3n) is 8.99. The summed E-state index contributed by atoms with van der Waals surface area (Å²) in [6.45, 7) is 5.11. The van der Waals surface area contributed by atoms with Crippen molar-refractivity contribution in [3.8, 4) is 0 Å². The fourth-order valence-corrected chi connectivity index (χ4v) is 8.16. The molecule has 8 nitrogen and oxygen atoms in total. The van der Waals surface area contributed by atoms with Gasteiger partial charge in [0.15, 0.2) is 0 Å². The highest BCUT2D eigenvalue weighted by molar-refractivity contribution is 7.89. The van der Waals surface area contributed by atoms with Crippen LogP contribution in [-0.2, 0) is 32.6 Å². The minimum Gasteiger partial charge on any atom is -0.353 e. The number of hydrogen-bond donors (Lipinski definition) is 2. The molecule has 0 bridgehead atoms. The second kappa shape index (κ2) is 13.1. The molecular weight excluding hydrogens is 572 g/mol. The van der Waals surface area contributed by atoms with Gasteiger partial charge in [-0.1, -0.05) is 72.3 Å². The van der Waals surface area contributed by atoms with Gasteiger partial charge in [-0.2, -0.15) is 4.31 Å². The van der Waals surface area contributed by atoms with Gasteiger partial charge < -0.3 is 10.6 Å². The molecule has 0 saturated carbocycles. The van der Waals surface area contributed by atoms with Crippen molar-refractivity contribution in [3.05, 3.63) is 107 Å². The van der Waals surface area contributed by atoms with Crippen molar-refractivity contribution in [1.29, 1.82) is 0 Å². The summed E-state index contributed by atoms with van der Waals surface area (Å²) in [5.74, 6) is -0.773. The van der Waals surface area contributed by atoms with E-state index in [1.807, 2.05) is 13.0 Å². The Kier molecular flexibility index (Phi) is 8.98. The molecule has 9 heteroatoms. The molecule has 2 amide bonds. The number of piperazine rings is 1. The molecule has 2 atom stereocenters. The van der Waals surface area contributed by atoms with Gasteiger partial charge in [0.25, 0.3) is 0 Å². The number of fused-ring (bicyclic) bond motifs is 1. The first kappa shape index (κ1) is 30.2. The lowest BCUT2D eigenvalue weighted by Gasteiger charge is -2.34. The maximum atomic E-state index is 13.5. The van der Waals surface area contributed by atoms with Gasteiger partial charge in [-0.3, -0.25) is 14.5 Å². The van der Waals surface area contributed by atoms with Crippen LogP contribution in [0.25, 0.3) is 5.57 Å². The molecule has 0 aromatic heterocycles. The number of benzene rings is 3. The van der Waals surface area contributed by atoms with Gasteiger partial charge in [0.1, 0.15) is 6.04 Å². The van der Waals surface area contributed by atoms with Crippen LogP contribution in [0.1, 0.15) is 59.5 Å². The van der Waals surface area contributed by atoms with E-state index >= 15 is 0 Å². The highest BCUT2D eigenvalue weighted by atomic mass is 32.2. The number of amides is 2. The van der Waals surface area contributed by atoms with Gasteiger partial charge in [0, 0.05) is 32.7 Å². The van der Waals surface area contributed by atoms with Gasteiger partial charge in [-0.25, -0.2) is 8.42 Å². The van der Waals surface area contributed by atoms with E-state index in [2.05, 4.69) is 64.1 Å². The molecule has 0 radical (unpaired) electrons. The number of aryl methyl sites for hydroxylation is 2. The molecule has 3 aromatic rings. The monoisotopic (exact) mass is 612 g/mol. The van der Waals surface area contributed by atoms with Gasteiger partial charge in [-0.05, 0) is 72.6 Å². The number of hydrogen-bond acceptors (Lipinski definition) is 5. The molecule has 1 unspecified atom stereocenters. The molecular formula is C35H40N4O4S. The summed E-state index contributed by atoms with van der Waals surface area (Å²) in [5.41, 5.74) is 7.22. The first-order chi connectivity index (χ1) is 21.3. The van der Waals surface area contributed by atoms with Crippen LogP contribution in [0.15, 0.2) is 83.8 Å². The van der Waals surface area contributed by atoms with Crippen LogP contribution < -0.4 is 10.6 Å². The number of sulfonamides is 1. The van der Waals surface area contributed by atoms with E-state index in [9.17, 15) is 18.0 Å². The number of nitrogens with one attached hydrogen (secondary N) is 2. The zero-order valence-electron chi connectivity index (χ0n) is 25.2. The average Bonchev–Trinajstić information content (AvgIpc) is 3.03. The van der Waals surface area contributed by atoms with E-state index in [1.165, 1.54) is 26.6 Å². The van der Waals surface area contributed by atoms with E-state index in [0.29, 0.717) is 0 Å². The molecule has 2 aliphatic heterocycles. The van der Waals surface area contributed by atoms with E-state index in [0.717, 1.165) is 56.4 Å². The van der Waals surface area contributed by atoms with E-state index in [1.54, 1.807) is 24.3 Å². The predicted octanol–water partition coefficient (Wildman–Crippen LogP) is 4.36. The summed E-state index contributed by atoms with van der Waals surface area (Å²) >= 11 is 0. The first-order valence-corrected chi connectivity index (χ1v) is 17.0. The zero-order chi connectivity index (χ0) is 30.7. The minimum atomic E-state index is -3.94. The van der Waals surface area contributed by atoms with Gasteiger partial charge >= 0.3 is 0 Å². The Hall–Kier alpha value is -3.79. The molecule has 1 aliphatic carbocycles. The van der Waals surface area contributed by atoms with Gasteiger partial charge in [0.2, 0.25) is 21.8 Å². The van der Waals surface area contributed by atoms with Gasteiger partial charge in [0.05, 0.1) is 17.4 Å². The normalized spacial score (nSPS) is 21.2. The lowest BCUT2D eigenvalue weighted by molar-refractivity contribution is -0.132. The Balaban J connectivity index is 1.12. The van der Waals surface area contributed by atoms with E-state index in [-0.39, 0.29) is 36.4 Å². The summed E-state index contributed by atoms with van der Waals surface area (Å²) in [6, 6.07) is 22.4. The average molecular weight is 613 g/mol. The Morgan fingerprint density at radius 1 is 1.00 bits per heavy atom. The standard InChI is InChI=1S/C35H40N4O4S/c1-25-10-13-30(14-11-25)44(42,43)39-21-18-36-35(41)33(39)23-34(40)37-32-9-5-8-29-22-28(12-15-31(29)32)27-16-19-38(20-17-27)24-26-6-3-2-4-7-26/h2-4,6-7,10-16,22,32-33H,5,8-9,17-21,23-24H2,1H3,(H,36,41)(H,37,40)/t32-,33?/m1/s1. The molecule has 1 saturated heterocycles. The third kappa shape index (κ3) is 6.65. The summed E-state index contributed by atoms with van der Waals surface area (Å²) in [4.78, 5) is 28.8. The van der Waals surface area contributed by atoms with Crippen LogP contribution in [0.4, 0.5) is 0 Å². The number of rotatable bonds is 8. The second-order valence-electron chi connectivity index (χ2n) is 12.1. The van der Waals surface area contributed by atoms with Crippen molar-refractivity contribution in [2.45, 2.75) is 62.6 Å². The van der Waals surface area contributed by atoms with Crippen LogP contribution in [0.3, 0.4) is 0 Å². The number of carbonyl (C=O) groups is 2. The quantitative estimate of drug-likeness (QED) is 0.394. The van der Waals surface area contributed by atoms with Crippen molar-refractivity contribution >= 4 is 27.4 Å². The highest BCUT2D eigenvalue weighted by Crippen LogP contribution is 2.34. The second-order valence-corrected chi connectivity index (χ2v) is 14.0. The van der Waals surface area contributed by atoms with Crippen LogP contribution >= 0.6 is 0 Å². The van der Waals surface area contributed by atoms with Crippen molar-refractivity contribution < 1.29 is 18.0 Å². The molecule has 1 fully saturated rings. The van der Waals surface area contributed by atoms with E-state index in [4.69, 9.17) is 0 Å². The summed E-state index contributed by atoms with van der Waals surface area (Å²) in [7, 11) is -3.94. The zero-order valence-corrected chi connectivity index (χ0v) is 26.0. The molecule has 0 spiro atoms. The maximum absolute atomic E-state index is 13.5. The molecule has 2 heterocycles. The summed E-state index contributed by atoms with van der Waals surface area (Å²) < 4.78 is 28.1. The molecule has 3 aliphatic rings. The maximum Gasteiger partial charge on any atom is 0.243 e. The van der Waals surface area contributed by atoms with Crippen molar-refractivity contribution in [3.63, 3.8) is 0 Å². The fourth-order valence-electron chi connectivity index (χ4n) is 6.57. The lowest BCUT2D eigenvalue weighted by atomic mass is 9.85. The first-order valence-electron chi connectivity index (χ1n) is 15.5. The van der Waals surface area contributed by atoms with Crippen molar-refractivity contribution in [2.75, 3.05) is 26.2 Å². The smallest absolute Gasteiger partial charge is 0.243 e. The van der Waals surface area contributed by atoms with Crippen molar-refractivity contribution in [2.24, 2.45) is 0 Å². The van der Waals surface area contributed by atoms with Crippen LogP contribution in [0, 0.1) is 6.92 Å². The van der Waals surface area contributed by atoms with Crippen LogP contribution in [0.5, 0.6) is 0 Å². The van der Waals surface area contributed by atoms with E-state index < -0.39 is 22.0 Å². The van der Waals surface area contributed by atoms with Gasteiger partial charge in [-0.15, -0.1) is 0 Å². The topological polar surface area (TPSA) is 98.8 Å². The molecule has 6 rings (SSSR count). The largest absolute Gasteiger partial charge is 0.353 e. The van der Waals surface area contributed by atoms with Crippen molar-refractivity contribution in [1.82, 2.24) is 19.8 Å². The Labute approximate surface area is 260 Å². The summed E-state index contributed by atoms with van der Waals surface area (Å²) in [6.07, 6.45) is 5.81. The minimum absolute atomic E-state index is 0.120. The van der Waals surface area contributed by atoms with Crippen LogP contribution in [-0.4, -0.2) is 61.7 Å². The fraction of sp³-hybridized carbons (Fsp3) is 0.371. The Morgan fingerprint density at radius 2 is 1.80 bits per heavy atom. The molecule has 44 heavy (non-hydrogen) atoms. The molecule has 2 N–H and O–H groups in total. The molecule has 3 aromatic carbocycles. The third-order valence-corrected chi connectivity index (χ3v) is 10.9. The molecule has 230 valence electrons. The Morgan fingerprint density at radius 3 is 2.55 bits per heavy atom. The SMILES string of the molecule is Cc1ccc(S(=O)(=O)N2CCNC(=O)C2CC(=O)N[C@@H]2CCCc3cc(C4=CCN(Cc5ccccc5)CC4)ccc32)cc1. The Bertz CT molecular complexity index is 1650. The highest BCUT2D eigenvalue weighted by Gasteiger charge is 2.40. The summed E-state index contributed by atoms with van der Waals surface area (Å²) in [5, 5.41) is 5.87. The lowest BCUT2D eigenvalue weighted by Crippen LogP contribution is -2.58. The number of nitrogens with zero attached hydrogens (tertiary/aromatic N) is 2.